The predicted octanol–water partition coefficient (Wildman–Crippen LogP) is 26.0. The van der Waals surface area contributed by atoms with Gasteiger partial charge in [0.05, 0.1) is 50.8 Å². The lowest BCUT2D eigenvalue weighted by Gasteiger charge is -2.13. The molecule has 94 heavy (non-hydrogen) atoms. The second kappa shape index (κ2) is 49.1. The molecule has 0 unspecified atom stereocenters. The van der Waals surface area contributed by atoms with Crippen LogP contribution in [0.3, 0.4) is 0 Å². The highest BCUT2D eigenvalue weighted by Crippen LogP contribution is 2.35. The molecule has 0 N–H and O–H groups in total. The predicted molar refractivity (Wildman–Crippen MR) is 398 cm³/mol. The first kappa shape index (κ1) is 76.5. The SMILES string of the molecule is CCCCCCCCCOc1cc2c#cc3cc(OCCCCCCCCC)c(OCCCCCCCCC)cc3c#cc3cc(OCCCCCCCCC)cc4c#cc5cc(OCCCCCCCCC)c(OCCCCCCCCC)cc5c#cc(c1)c2C#Cc34. The largest absolute Gasteiger partial charge is 0.494 e. The van der Waals surface area contributed by atoms with Crippen molar-refractivity contribution in [3.63, 3.8) is 0 Å². The van der Waals surface area contributed by atoms with E-state index < -0.39 is 0 Å². The Bertz CT molecular complexity index is 2730. The standard InChI is InChI=1S/C88H122O6/c1-7-13-19-25-31-37-43-59-89-81-65-77-53-49-73-69-85(91-61-45-39-33-27-21-15-9-3)87(93-63-47-41-35-29-23-17-11-5)71-75(73)51-55-79-67-82(90-60-44-38-32-26-20-14-8-2)68-80-56-52-76-72-88(94-64-48-42-36-30-24-18-12-6)86(92-62-46-40-34-28-22-16-10-4)70-74(76)50-54-78(66-81)83(77)57-58-84(79)80/h65-72H,7-48,59-64H2,1-6H3. The number of benzene rings is 4. The summed E-state index contributed by atoms with van der Waals surface area (Å²) in [7, 11) is 0. The fourth-order valence-electron chi connectivity index (χ4n) is 12.2. The van der Waals surface area contributed by atoms with Crippen molar-refractivity contribution in [2.75, 3.05) is 39.6 Å². The van der Waals surface area contributed by atoms with Gasteiger partial charge in [-0.25, -0.2) is 0 Å². The first-order chi connectivity index (χ1) is 46.5. The Kier molecular flexibility index (Phi) is 39.9. The van der Waals surface area contributed by atoms with Gasteiger partial charge >= 0.3 is 0 Å². The lowest BCUT2D eigenvalue weighted by molar-refractivity contribution is 0.259. The molecule has 0 atom stereocenters. The van der Waals surface area contributed by atoms with Crippen LogP contribution in [0.1, 0.15) is 322 Å². The third-order valence-electron chi connectivity index (χ3n) is 18.1. The average Bonchev–Trinajstić information content (AvgIpc) is 0.877. The van der Waals surface area contributed by atoms with Crippen molar-refractivity contribution >= 4 is 43.1 Å². The summed E-state index contributed by atoms with van der Waals surface area (Å²) in [6, 6.07) is 45.7. The minimum Gasteiger partial charge on any atom is -0.494 e. The van der Waals surface area contributed by atoms with Crippen LogP contribution < -0.4 is 28.4 Å². The first-order valence-electron chi connectivity index (χ1n) is 38.6. The number of hydrogen-bond acceptors (Lipinski definition) is 6. The number of unbranched alkanes of at least 4 members (excludes halogenated alkanes) is 36. The molecule has 0 radical (unpaired) electrons. The van der Waals surface area contributed by atoms with E-state index in [1.807, 2.05) is 0 Å². The molecule has 0 amide bonds. The van der Waals surface area contributed by atoms with Crippen LogP contribution in [-0.2, 0) is 0 Å². The summed E-state index contributed by atoms with van der Waals surface area (Å²) >= 11 is 0. The number of hydrogen-bond donors (Lipinski definition) is 0. The first-order valence-corrected chi connectivity index (χ1v) is 38.6. The maximum Gasteiger partial charge on any atom is 0.162 e. The van der Waals surface area contributed by atoms with E-state index in [-0.39, 0.29) is 0 Å². The highest BCUT2D eigenvalue weighted by Gasteiger charge is 2.13. The molecular weight excluding hydrogens is 1150 g/mol. The molecule has 2 bridgehead atoms. The van der Waals surface area contributed by atoms with E-state index in [1.165, 1.54) is 193 Å². The molecule has 510 valence electrons. The monoisotopic (exact) mass is 1270 g/mol. The Hall–Kier alpha value is -6.52. The lowest BCUT2D eigenvalue weighted by Crippen LogP contribution is -2.03. The third-order valence-corrected chi connectivity index (χ3v) is 18.1. The van der Waals surface area contributed by atoms with E-state index in [4.69, 9.17) is 28.4 Å². The van der Waals surface area contributed by atoms with Gasteiger partial charge in [-0.05, 0) is 62.8 Å². The van der Waals surface area contributed by atoms with Crippen molar-refractivity contribution in [2.45, 2.75) is 311 Å². The molecule has 0 fully saturated rings. The van der Waals surface area contributed by atoms with Gasteiger partial charge in [0.1, 0.15) is 11.5 Å². The van der Waals surface area contributed by atoms with E-state index in [0.717, 1.165) is 131 Å². The molecule has 0 aliphatic heterocycles. The molecule has 4 aromatic rings. The maximum absolute atomic E-state index is 6.74. The fourth-order valence-corrected chi connectivity index (χ4v) is 12.2. The molecular formula is C88H122O6. The smallest absolute Gasteiger partial charge is 0.162 e. The molecule has 0 saturated carbocycles. The summed E-state index contributed by atoms with van der Waals surface area (Å²) in [5.74, 6) is 11.6. The molecule has 0 aromatic heterocycles. The van der Waals surface area contributed by atoms with Gasteiger partial charge in [-0.3, -0.25) is 0 Å². The molecule has 0 heterocycles. The molecule has 4 aromatic carbocycles. The summed E-state index contributed by atoms with van der Waals surface area (Å²) in [6.07, 6.45) is 50.4. The second-order valence-corrected chi connectivity index (χ2v) is 26.5. The van der Waals surface area contributed by atoms with Gasteiger partial charge in [-0.15, -0.1) is 0 Å². The van der Waals surface area contributed by atoms with Crippen LogP contribution in [0.5, 0.6) is 34.5 Å². The van der Waals surface area contributed by atoms with Crippen molar-refractivity contribution in [2.24, 2.45) is 0 Å². The van der Waals surface area contributed by atoms with Crippen molar-refractivity contribution in [1.82, 2.24) is 0 Å². The minimum absolute atomic E-state index is 0.595. The van der Waals surface area contributed by atoms with Gasteiger partial charge in [-0.2, -0.15) is 0 Å². The topological polar surface area (TPSA) is 55.4 Å². The van der Waals surface area contributed by atoms with Gasteiger partial charge in [0, 0.05) is 67.4 Å². The summed E-state index contributed by atoms with van der Waals surface area (Å²) in [5, 5.41) is 5.93. The fraction of sp³-hybridized carbons (Fsp3) is 0.614. The summed E-state index contributed by atoms with van der Waals surface area (Å²) in [5.41, 5.74) is 1.44. The summed E-state index contributed by atoms with van der Waals surface area (Å²) in [4.78, 5) is 0. The van der Waals surface area contributed by atoms with Crippen molar-refractivity contribution in [3.05, 3.63) is 108 Å². The van der Waals surface area contributed by atoms with Crippen LogP contribution >= 0.6 is 0 Å². The van der Waals surface area contributed by atoms with Crippen LogP contribution in [0.4, 0.5) is 0 Å². The third kappa shape index (κ3) is 30.1. The highest BCUT2D eigenvalue weighted by atomic mass is 16.5. The lowest BCUT2D eigenvalue weighted by atomic mass is 10.0. The van der Waals surface area contributed by atoms with E-state index in [0.29, 0.717) is 74.1 Å². The van der Waals surface area contributed by atoms with Gasteiger partial charge in [0.2, 0.25) is 0 Å². The Morgan fingerprint density at radius 2 is 0.362 bits per heavy atom. The molecule has 6 heteroatoms. The van der Waals surface area contributed by atoms with Crippen LogP contribution in [0.25, 0.3) is 43.1 Å². The van der Waals surface area contributed by atoms with Crippen LogP contribution in [0.2, 0.25) is 0 Å². The zero-order chi connectivity index (χ0) is 66.1. The van der Waals surface area contributed by atoms with Gasteiger partial charge < -0.3 is 28.4 Å². The van der Waals surface area contributed by atoms with Crippen molar-refractivity contribution in [1.29, 1.82) is 0 Å². The normalized spacial score (nSPS) is 11.1. The Morgan fingerprint density at radius 1 is 0.191 bits per heavy atom. The second-order valence-electron chi connectivity index (χ2n) is 26.5. The number of rotatable bonds is 54. The molecule has 0 spiro atoms. The summed E-state index contributed by atoms with van der Waals surface area (Å²) in [6.45, 7) is 17.2. The number of fused-ring (bicyclic) bond motifs is 2. The zero-order valence-electron chi connectivity index (χ0n) is 60.0. The van der Waals surface area contributed by atoms with Crippen molar-refractivity contribution < 1.29 is 28.4 Å². The van der Waals surface area contributed by atoms with Gasteiger partial charge in [-0.1, -0.05) is 333 Å². The quantitative estimate of drug-likeness (QED) is 0.0280. The van der Waals surface area contributed by atoms with Gasteiger partial charge in [0.15, 0.2) is 23.0 Å². The minimum atomic E-state index is 0.595. The zero-order valence-corrected chi connectivity index (χ0v) is 60.0. The Balaban J connectivity index is 1.57. The summed E-state index contributed by atoms with van der Waals surface area (Å²) < 4.78 is 40.4. The maximum atomic E-state index is 6.74. The molecule has 6 rings (SSSR count). The van der Waals surface area contributed by atoms with Crippen LogP contribution in [0, 0.1) is 60.4 Å². The Morgan fingerprint density at radius 3 is 0.564 bits per heavy atom. The molecule has 0 saturated heterocycles. The average molecular weight is 1280 g/mol. The van der Waals surface area contributed by atoms with Crippen molar-refractivity contribution in [3.8, 4) is 46.3 Å². The van der Waals surface area contributed by atoms with E-state index in [1.54, 1.807) is 0 Å². The van der Waals surface area contributed by atoms with E-state index >= 15 is 0 Å². The molecule has 2 aliphatic rings. The molecule has 2 aliphatic carbocycles. The van der Waals surface area contributed by atoms with E-state index in [2.05, 4.69) is 150 Å². The van der Waals surface area contributed by atoms with Crippen LogP contribution in [0.15, 0.2) is 48.5 Å². The Labute approximate surface area is 573 Å². The molecule has 6 nitrogen and oxygen atoms in total. The number of ether oxygens (including phenoxy) is 6. The van der Waals surface area contributed by atoms with Gasteiger partial charge in [0.25, 0.3) is 0 Å². The van der Waals surface area contributed by atoms with Crippen LogP contribution in [-0.4, -0.2) is 39.6 Å². The van der Waals surface area contributed by atoms with E-state index in [9.17, 15) is 0 Å². The highest BCUT2D eigenvalue weighted by molar-refractivity contribution is 5.89.